The maximum Gasteiger partial charge on any atom is 0.293 e. The SMILES string of the molecule is CN(CC(O)c1ccc(O)cc1)C(=O)CCN1C(=O)SC(=Cc2ccccc2)C1=O. The number of nitrogens with zero attached hydrogens (tertiary/aromatic N) is 2. The molecule has 1 fully saturated rings. The molecule has 0 spiro atoms. The first-order valence-corrected chi connectivity index (χ1v) is 10.2. The Kier molecular flexibility index (Phi) is 6.91. The van der Waals surface area contributed by atoms with Crippen LogP contribution in [0.5, 0.6) is 5.75 Å². The van der Waals surface area contributed by atoms with Gasteiger partial charge in [0.25, 0.3) is 11.1 Å². The predicted octanol–water partition coefficient (Wildman–Crippen LogP) is 3.01. The van der Waals surface area contributed by atoms with Crippen molar-refractivity contribution in [2.24, 2.45) is 0 Å². The Hall–Kier alpha value is -3.10. The van der Waals surface area contributed by atoms with Crippen molar-refractivity contribution in [2.45, 2.75) is 12.5 Å². The molecule has 2 aromatic rings. The van der Waals surface area contributed by atoms with Crippen molar-refractivity contribution in [3.8, 4) is 5.75 Å². The van der Waals surface area contributed by atoms with Crippen molar-refractivity contribution in [1.82, 2.24) is 9.80 Å². The monoisotopic (exact) mass is 426 g/mol. The minimum atomic E-state index is -0.912. The topological polar surface area (TPSA) is 98.2 Å². The molecule has 1 heterocycles. The van der Waals surface area contributed by atoms with Gasteiger partial charge in [-0.15, -0.1) is 0 Å². The van der Waals surface area contributed by atoms with E-state index in [9.17, 15) is 24.6 Å². The molecule has 1 aliphatic heterocycles. The van der Waals surface area contributed by atoms with Crippen LogP contribution in [0.25, 0.3) is 6.08 Å². The molecule has 1 unspecified atom stereocenters. The summed E-state index contributed by atoms with van der Waals surface area (Å²) in [6.07, 6.45) is 0.716. The molecular formula is C22H22N2O5S. The van der Waals surface area contributed by atoms with E-state index in [0.29, 0.717) is 10.5 Å². The molecule has 30 heavy (non-hydrogen) atoms. The summed E-state index contributed by atoms with van der Waals surface area (Å²) >= 11 is 0.859. The number of carbonyl (C=O) groups is 3. The summed E-state index contributed by atoms with van der Waals surface area (Å²) in [5.41, 5.74) is 1.39. The molecular weight excluding hydrogens is 404 g/mol. The number of rotatable bonds is 7. The van der Waals surface area contributed by atoms with Crippen LogP contribution in [0, 0.1) is 0 Å². The molecule has 0 radical (unpaired) electrons. The number of hydrogen-bond donors (Lipinski definition) is 2. The van der Waals surface area contributed by atoms with Crippen LogP contribution >= 0.6 is 11.8 Å². The van der Waals surface area contributed by atoms with Crippen LogP contribution in [0.2, 0.25) is 0 Å². The van der Waals surface area contributed by atoms with Gasteiger partial charge in [-0.3, -0.25) is 19.3 Å². The van der Waals surface area contributed by atoms with Crippen LogP contribution in [-0.2, 0) is 9.59 Å². The van der Waals surface area contributed by atoms with E-state index in [1.54, 1.807) is 25.3 Å². The summed E-state index contributed by atoms with van der Waals surface area (Å²) in [5.74, 6) is -0.610. The van der Waals surface area contributed by atoms with Gasteiger partial charge in [0.05, 0.1) is 17.6 Å². The zero-order valence-electron chi connectivity index (χ0n) is 16.4. The summed E-state index contributed by atoms with van der Waals surface area (Å²) < 4.78 is 0. The second-order valence-electron chi connectivity index (χ2n) is 6.88. The number of aliphatic hydroxyl groups excluding tert-OH is 1. The van der Waals surface area contributed by atoms with Crippen molar-refractivity contribution in [1.29, 1.82) is 0 Å². The van der Waals surface area contributed by atoms with Gasteiger partial charge in [-0.05, 0) is 41.1 Å². The van der Waals surface area contributed by atoms with Crippen LogP contribution < -0.4 is 0 Å². The van der Waals surface area contributed by atoms with Gasteiger partial charge in [-0.1, -0.05) is 42.5 Å². The number of aliphatic hydroxyl groups is 1. The molecule has 0 aromatic heterocycles. The Morgan fingerprint density at radius 1 is 1.13 bits per heavy atom. The highest BCUT2D eigenvalue weighted by molar-refractivity contribution is 8.18. The minimum absolute atomic E-state index is 0.0186. The second-order valence-corrected chi connectivity index (χ2v) is 7.87. The zero-order valence-corrected chi connectivity index (χ0v) is 17.2. The minimum Gasteiger partial charge on any atom is -0.508 e. The Morgan fingerprint density at radius 3 is 2.47 bits per heavy atom. The number of carbonyl (C=O) groups excluding carboxylic acids is 3. The predicted molar refractivity (Wildman–Crippen MR) is 114 cm³/mol. The zero-order chi connectivity index (χ0) is 21.7. The van der Waals surface area contributed by atoms with Gasteiger partial charge < -0.3 is 15.1 Å². The smallest absolute Gasteiger partial charge is 0.293 e. The summed E-state index contributed by atoms with van der Waals surface area (Å²) in [7, 11) is 1.55. The molecule has 3 rings (SSSR count). The first-order chi connectivity index (χ1) is 14.3. The molecule has 0 aliphatic carbocycles. The third kappa shape index (κ3) is 5.28. The van der Waals surface area contributed by atoms with E-state index in [4.69, 9.17) is 0 Å². The summed E-state index contributed by atoms with van der Waals surface area (Å²) in [6, 6.07) is 15.3. The summed E-state index contributed by atoms with van der Waals surface area (Å²) in [6.45, 7) is 0.0364. The van der Waals surface area contributed by atoms with Crippen molar-refractivity contribution in [3.05, 3.63) is 70.6 Å². The summed E-state index contributed by atoms with van der Waals surface area (Å²) in [5, 5.41) is 19.2. The standard InChI is InChI=1S/C22H22N2O5S/c1-23(14-18(26)16-7-9-17(25)10-8-16)20(27)11-12-24-21(28)19(30-22(24)29)13-15-5-3-2-4-6-15/h2-10,13,18,25-26H,11-12,14H2,1H3. The van der Waals surface area contributed by atoms with Gasteiger partial charge >= 0.3 is 0 Å². The number of phenolic OH excluding ortho intramolecular Hbond substituents is 1. The van der Waals surface area contributed by atoms with Crippen molar-refractivity contribution >= 4 is 34.9 Å². The van der Waals surface area contributed by atoms with E-state index in [2.05, 4.69) is 0 Å². The van der Waals surface area contributed by atoms with Gasteiger partial charge in [0, 0.05) is 20.0 Å². The van der Waals surface area contributed by atoms with E-state index in [0.717, 1.165) is 22.2 Å². The highest BCUT2D eigenvalue weighted by Crippen LogP contribution is 2.32. The fraction of sp³-hybridized carbons (Fsp3) is 0.227. The first-order valence-electron chi connectivity index (χ1n) is 9.36. The van der Waals surface area contributed by atoms with Crippen LogP contribution in [0.4, 0.5) is 4.79 Å². The number of likely N-dealkylation sites (N-methyl/N-ethyl adjacent to an activating group) is 1. The largest absolute Gasteiger partial charge is 0.508 e. The Balaban J connectivity index is 1.54. The average molecular weight is 426 g/mol. The maximum absolute atomic E-state index is 12.5. The molecule has 3 amide bonds. The molecule has 1 aliphatic rings. The maximum atomic E-state index is 12.5. The molecule has 1 saturated heterocycles. The quantitative estimate of drug-likeness (QED) is 0.661. The van der Waals surface area contributed by atoms with Crippen LogP contribution in [0.15, 0.2) is 59.5 Å². The molecule has 2 aromatic carbocycles. The lowest BCUT2D eigenvalue weighted by Crippen LogP contribution is -2.36. The highest BCUT2D eigenvalue weighted by Gasteiger charge is 2.35. The third-order valence-corrected chi connectivity index (χ3v) is 5.58. The van der Waals surface area contributed by atoms with E-state index < -0.39 is 17.3 Å². The number of thioether (sulfide) groups is 1. The number of aromatic hydroxyl groups is 1. The van der Waals surface area contributed by atoms with E-state index in [1.807, 2.05) is 30.3 Å². The number of phenols is 1. The fourth-order valence-electron chi connectivity index (χ4n) is 2.95. The van der Waals surface area contributed by atoms with Crippen LogP contribution in [0.3, 0.4) is 0 Å². The first kappa shape index (κ1) is 21.6. The van der Waals surface area contributed by atoms with Crippen LogP contribution in [0.1, 0.15) is 23.7 Å². The fourth-order valence-corrected chi connectivity index (χ4v) is 3.82. The number of benzene rings is 2. The van der Waals surface area contributed by atoms with E-state index >= 15 is 0 Å². The molecule has 0 bridgehead atoms. The molecule has 2 N–H and O–H groups in total. The van der Waals surface area contributed by atoms with Crippen molar-refractivity contribution in [3.63, 3.8) is 0 Å². The lowest BCUT2D eigenvalue weighted by atomic mass is 10.1. The molecule has 8 heteroatoms. The Labute approximate surface area is 178 Å². The lowest BCUT2D eigenvalue weighted by Gasteiger charge is -2.22. The van der Waals surface area contributed by atoms with Crippen molar-refractivity contribution in [2.75, 3.05) is 20.1 Å². The Morgan fingerprint density at radius 2 is 1.80 bits per heavy atom. The number of amides is 3. The van der Waals surface area contributed by atoms with Gasteiger partial charge in [0.2, 0.25) is 5.91 Å². The highest BCUT2D eigenvalue weighted by atomic mass is 32.2. The van der Waals surface area contributed by atoms with Crippen molar-refractivity contribution < 1.29 is 24.6 Å². The van der Waals surface area contributed by atoms with Crippen LogP contribution in [-0.4, -0.2) is 57.2 Å². The Bertz CT molecular complexity index is 959. The lowest BCUT2D eigenvalue weighted by molar-refractivity contribution is -0.131. The van der Waals surface area contributed by atoms with E-state index in [-0.39, 0.29) is 31.2 Å². The average Bonchev–Trinajstić information content (AvgIpc) is 2.99. The number of hydrogen-bond acceptors (Lipinski definition) is 6. The number of imide groups is 1. The molecule has 7 nitrogen and oxygen atoms in total. The third-order valence-electron chi connectivity index (χ3n) is 4.67. The van der Waals surface area contributed by atoms with E-state index in [1.165, 1.54) is 17.0 Å². The molecule has 1 atom stereocenters. The van der Waals surface area contributed by atoms with Gasteiger partial charge in [-0.25, -0.2) is 0 Å². The second kappa shape index (κ2) is 9.60. The molecule has 0 saturated carbocycles. The normalized spacial score (nSPS) is 16.2. The van der Waals surface area contributed by atoms with Gasteiger partial charge in [0.15, 0.2) is 0 Å². The van der Waals surface area contributed by atoms with Gasteiger partial charge in [0.1, 0.15) is 5.75 Å². The van der Waals surface area contributed by atoms with Gasteiger partial charge in [-0.2, -0.15) is 0 Å². The molecule has 156 valence electrons. The summed E-state index contributed by atoms with van der Waals surface area (Å²) in [4.78, 5) is 39.9.